The standard InChI is InChI=1S/C28H44N4O4/c1-19(2)35-26-20(3)15-22(16-21(26)4)25-23(18-32(30-25)24-11-9-10-14-34-24)17-31(8)13-12-29-27(33)36-28(5,6)7/h15-16,18-19,24H,9-14,17H2,1-8H3,(H,29,33). The Bertz CT molecular complexity index is 996. The summed E-state index contributed by atoms with van der Waals surface area (Å²) in [5.74, 6) is 0.940. The predicted octanol–water partition coefficient (Wildman–Crippen LogP) is 5.61. The summed E-state index contributed by atoms with van der Waals surface area (Å²) in [5, 5.41) is 7.85. The van der Waals surface area contributed by atoms with Gasteiger partial charge >= 0.3 is 6.09 Å². The smallest absolute Gasteiger partial charge is 0.407 e. The zero-order chi connectivity index (χ0) is 26.5. The van der Waals surface area contributed by atoms with Crippen molar-refractivity contribution in [2.45, 2.75) is 92.2 Å². The van der Waals surface area contributed by atoms with Gasteiger partial charge in [0.1, 0.15) is 17.6 Å². The first kappa shape index (κ1) is 28.0. The number of nitrogens with zero attached hydrogens (tertiary/aromatic N) is 3. The van der Waals surface area contributed by atoms with E-state index < -0.39 is 11.7 Å². The third-order valence-electron chi connectivity index (χ3n) is 5.95. The van der Waals surface area contributed by atoms with Crippen LogP contribution in [0.5, 0.6) is 5.75 Å². The van der Waals surface area contributed by atoms with Crippen molar-refractivity contribution in [2.24, 2.45) is 0 Å². The van der Waals surface area contributed by atoms with Gasteiger partial charge in [-0.05, 0) is 98.0 Å². The number of likely N-dealkylation sites (N-methyl/N-ethyl adjacent to an activating group) is 1. The average Bonchev–Trinajstić information content (AvgIpc) is 3.19. The highest BCUT2D eigenvalue weighted by atomic mass is 16.6. The van der Waals surface area contributed by atoms with Crippen LogP contribution in [0.1, 0.15) is 76.8 Å². The molecular weight excluding hydrogens is 456 g/mol. The molecular formula is C28H44N4O4. The van der Waals surface area contributed by atoms with Gasteiger partial charge in [0.25, 0.3) is 0 Å². The number of carbonyl (C=O) groups is 1. The van der Waals surface area contributed by atoms with E-state index >= 15 is 0 Å². The number of amides is 1. The molecule has 1 amide bonds. The minimum absolute atomic E-state index is 0.0314. The Morgan fingerprint density at radius 1 is 1.25 bits per heavy atom. The summed E-state index contributed by atoms with van der Waals surface area (Å²) in [6.45, 7) is 16.5. The number of rotatable bonds is 9. The number of nitrogens with one attached hydrogen (secondary N) is 1. The van der Waals surface area contributed by atoms with Crippen LogP contribution in [0.3, 0.4) is 0 Å². The minimum Gasteiger partial charge on any atom is -0.490 e. The lowest BCUT2D eigenvalue weighted by Crippen LogP contribution is -2.36. The van der Waals surface area contributed by atoms with Crippen LogP contribution in [0.4, 0.5) is 4.79 Å². The summed E-state index contributed by atoms with van der Waals surface area (Å²) in [7, 11) is 2.05. The molecule has 0 saturated carbocycles. The maximum Gasteiger partial charge on any atom is 0.407 e. The molecule has 8 nitrogen and oxygen atoms in total. The Labute approximate surface area is 216 Å². The summed E-state index contributed by atoms with van der Waals surface area (Å²) in [6, 6.07) is 4.32. The molecule has 0 radical (unpaired) electrons. The normalized spacial score (nSPS) is 16.4. The molecule has 36 heavy (non-hydrogen) atoms. The summed E-state index contributed by atoms with van der Waals surface area (Å²) in [6.07, 6.45) is 5.02. The van der Waals surface area contributed by atoms with E-state index in [1.54, 1.807) is 0 Å². The maximum atomic E-state index is 12.0. The summed E-state index contributed by atoms with van der Waals surface area (Å²) in [5.41, 5.74) is 4.85. The molecule has 1 N–H and O–H groups in total. The number of hydrogen-bond donors (Lipinski definition) is 1. The van der Waals surface area contributed by atoms with Gasteiger partial charge in [-0.1, -0.05) is 0 Å². The molecule has 2 heterocycles. The Hall–Kier alpha value is -2.58. The lowest BCUT2D eigenvalue weighted by molar-refractivity contribution is -0.0394. The number of aryl methyl sites for hydroxylation is 2. The van der Waals surface area contributed by atoms with Gasteiger partial charge in [-0.25, -0.2) is 9.48 Å². The zero-order valence-electron chi connectivity index (χ0n) is 23.3. The van der Waals surface area contributed by atoms with E-state index in [0.717, 1.165) is 59.6 Å². The first-order chi connectivity index (χ1) is 16.9. The molecule has 200 valence electrons. The van der Waals surface area contributed by atoms with Crippen LogP contribution in [-0.4, -0.2) is 59.2 Å². The molecule has 1 aromatic heterocycles. The summed E-state index contributed by atoms with van der Waals surface area (Å²) < 4.78 is 19.4. The van der Waals surface area contributed by atoms with Crippen LogP contribution in [0.2, 0.25) is 0 Å². The van der Waals surface area contributed by atoms with Crippen molar-refractivity contribution in [1.82, 2.24) is 20.0 Å². The lowest BCUT2D eigenvalue weighted by atomic mass is 10.0. The quantitative estimate of drug-likeness (QED) is 0.482. The van der Waals surface area contributed by atoms with Crippen LogP contribution in [0.15, 0.2) is 18.3 Å². The highest BCUT2D eigenvalue weighted by Crippen LogP contribution is 2.33. The fourth-order valence-electron chi connectivity index (χ4n) is 4.41. The molecule has 1 saturated heterocycles. The molecule has 1 aromatic carbocycles. The number of hydrogen-bond acceptors (Lipinski definition) is 6. The third kappa shape index (κ3) is 7.96. The van der Waals surface area contributed by atoms with Gasteiger partial charge in [0.05, 0.1) is 11.8 Å². The van der Waals surface area contributed by atoms with E-state index in [0.29, 0.717) is 19.6 Å². The Morgan fingerprint density at radius 3 is 2.53 bits per heavy atom. The van der Waals surface area contributed by atoms with Gasteiger partial charge in [-0.2, -0.15) is 5.10 Å². The number of carbonyl (C=O) groups excluding carboxylic acids is 1. The van der Waals surface area contributed by atoms with Crippen molar-refractivity contribution >= 4 is 6.09 Å². The Balaban J connectivity index is 1.79. The van der Waals surface area contributed by atoms with E-state index in [1.807, 2.05) is 46.3 Å². The van der Waals surface area contributed by atoms with Gasteiger partial charge in [0.2, 0.25) is 0 Å². The molecule has 2 aromatic rings. The lowest BCUT2D eigenvalue weighted by Gasteiger charge is -2.22. The van der Waals surface area contributed by atoms with Gasteiger partial charge in [0.15, 0.2) is 0 Å². The van der Waals surface area contributed by atoms with Gasteiger partial charge in [0, 0.05) is 43.6 Å². The number of benzene rings is 1. The molecule has 1 fully saturated rings. The van der Waals surface area contributed by atoms with Crippen LogP contribution < -0.4 is 10.1 Å². The molecule has 8 heteroatoms. The van der Waals surface area contributed by atoms with E-state index in [4.69, 9.17) is 19.3 Å². The average molecular weight is 501 g/mol. The minimum atomic E-state index is -0.507. The largest absolute Gasteiger partial charge is 0.490 e. The summed E-state index contributed by atoms with van der Waals surface area (Å²) in [4.78, 5) is 14.2. The second-order valence-electron chi connectivity index (χ2n) is 11.1. The van der Waals surface area contributed by atoms with E-state index in [9.17, 15) is 4.79 Å². The highest BCUT2D eigenvalue weighted by molar-refractivity contribution is 5.68. The molecule has 0 bridgehead atoms. The number of ether oxygens (including phenoxy) is 3. The SMILES string of the molecule is Cc1cc(-c2nn(C3CCCCO3)cc2CN(C)CCNC(=O)OC(C)(C)C)cc(C)c1OC(C)C. The van der Waals surface area contributed by atoms with Crippen molar-refractivity contribution in [3.05, 3.63) is 35.0 Å². The van der Waals surface area contributed by atoms with Gasteiger partial charge in [-0.15, -0.1) is 0 Å². The summed E-state index contributed by atoms with van der Waals surface area (Å²) >= 11 is 0. The first-order valence-electron chi connectivity index (χ1n) is 13.1. The maximum absolute atomic E-state index is 12.0. The van der Waals surface area contributed by atoms with Crippen LogP contribution in [0.25, 0.3) is 11.3 Å². The van der Waals surface area contributed by atoms with Crippen molar-refractivity contribution in [3.8, 4) is 17.0 Å². The fourth-order valence-corrected chi connectivity index (χ4v) is 4.41. The monoisotopic (exact) mass is 500 g/mol. The van der Waals surface area contributed by atoms with E-state index in [-0.39, 0.29) is 12.3 Å². The number of alkyl carbamates (subject to hydrolysis) is 1. The molecule has 1 atom stereocenters. The van der Waals surface area contributed by atoms with Crippen molar-refractivity contribution in [2.75, 3.05) is 26.7 Å². The highest BCUT2D eigenvalue weighted by Gasteiger charge is 2.22. The van der Waals surface area contributed by atoms with Crippen LogP contribution >= 0.6 is 0 Å². The number of aromatic nitrogens is 2. The predicted molar refractivity (Wildman–Crippen MR) is 142 cm³/mol. The second kappa shape index (κ2) is 12.1. The molecule has 1 unspecified atom stereocenters. The van der Waals surface area contributed by atoms with E-state index in [2.05, 4.69) is 42.4 Å². The van der Waals surface area contributed by atoms with Crippen molar-refractivity contribution in [3.63, 3.8) is 0 Å². The zero-order valence-corrected chi connectivity index (χ0v) is 23.3. The third-order valence-corrected chi connectivity index (χ3v) is 5.95. The van der Waals surface area contributed by atoms with Gasteiger partial charge in [-0.3, -0.25) is 0 Å². The second-order valence-corrected chi connectivity index (χ2v) is 11.1. The van der Waals surface area contributed by atoms with Crippen LogP contribution in [-0.2, 0) is 16.0 Å². The Kier molecular flexibility index (Phi) is 9.41. The molecule has 3 rings (SSSR count). The van der Waals surface area contributed by atoms with Crippen molar-refractivity contribution in [1.29, 1.82) is 0 Å². The fraction of sp³-hybridized carbons (Fsp3) is 0.643. The Morgan fingerprint density at radius 2 is 1.94 bits per heavy atom. The van der Waals surface area contributed by atoms with E-state index in [1.165, 1.54) is 0 Å². The first-order valence-corrected chi connectivity index (χ1v) is 13.1. The molecule has 0 spiro atoms. The molecule has 1 aliphatic heterocycles. The molecule has 0 aliphatic carbocycles. The topological polar surface area (TPSA) is 77.9 Å². The van der Waals surface area contributed by atoms with Crippen LogP contribution in [0, 0.1) is 13.8 Å². The van der Waals surface area contributed by atoms with Gasteiger partial charge < -0.3 is 24.4 Å². The van der Waals surface area contributed by atoms with Crippen molar-refractivity contribution < 1.29 is 19.0 Å². The molecule has 1 aliphatic rings.